The number of hydrogen-bond donors (Lipinski definition) is 1. The summed E-state index contributed by atoms with van der Waals surface area (Å²) in [4.78, 5) is 2.36. The summed E-state index contributed by atoms with van der Waals surface area (Å²) in [6.07, 6.45) is 7.22. The minimum absolute atomic E-state index is 0.670. The zero-order valence-corrected chi connectivity index (χ0v) is 10.3. The summed E-state index contributed by atoms with van der Waals surface area (Å²) in [5, 5.41) is 9.94. The van der Waals surface area contributed by atoms with Crippen molar-refractivity contribution in [1.29, 1.82) is 0 Å². The third-order valence-corrected chi connectivity index (χ3v) is 2.94. The lowest BCUT2D eigenvalue weighted by Crippen LogP contribution is -2.30. The summed E-state index contributed by atoms with van der Waals surface area (Å²) in [6.45, 7) is 8.54. The Labute approximate surface area is 99.3 Å². The molecular weight excluding hydrogens is 198 g/mol. The standard InChI is InChI=1S/C14H23NO/c1-3-4-9-14(2,16)10-8-13-15-11-6-5-7-12-15/h3,16H,1,4-7,9,11-13H2,2H3/t14-/m1/s1. The van der Waals surface area contributed by atoms with Crippen molar-refractivity contribution in [3.8, 4) is 11.8 Å². The van der Waals surface area contributed by atoms with Gasteiger partial charge in [0.15, 0.2) is 0 Å². The van der Waals surface area contributed by atoms with Crippen molar-refractivity contribution in [2.75, 3.05) is 19.6 Å². The van der Waals surface area contributed by atoms with Gasteiger partial charge in [-0.3, -0.25) is 4.90 Å². The molecule has 90 valence electrons. The average Bonchev–Trinajstić information content (AvgIpc) is 2.28. The summed E-state index contributed by atoms with van der Waals surface area (Å²) >= 11 is 0. The van der Waals surface area contributed by atoms with Gasteiger partial charge in [0.05, 0.1) is 6.54 Å². The molecule has 1 atom stereocenters. The molecule has 1 N–H and O–H groups in total. The highest BCUT2D eigenvalue weighted by Gasteiger charge is 2.15. The van der Waals surface area contributed by atoms with Crippen LogP contribution in [0.25, 0.3) is 0 Å². The fourth-order valence-corrected chi connectivity index (χ4v) is 1.90. The van der Waals surface area contributed by atoms with Gasteiger partial charge < -0.3 is 5.11 Å². The Hall–Kier alpha value is -0.780. The van der Waals surface area contributed by atoms with E-state index in [2.05, 4.69) is 23.3 Å². The molecule has 0 aromatic carbocycles. The zero-order valence-electron chi connectivity index (χ0n) is 10.3. The van der Waals surface area contributed by atoms with Gasteiger partial charge in [-0.1, -0.05) is 24.3 Å². The summed E-state index contributed by atoms with van der Waals surface area (Å²) in [5.41, 5.74) is -0.857. The summed E-state index contributed by atoms with van der Waals surface area (Å²) in [5.74, 6) is 6.05. The van der Waals surface area contributed by atoms with Crippen LogP contribution in [-0.2, 0) is 0 Å². The quantitative estimate of drug-likeness (QED) is 0.581. The SMILES string of the molecule is C=CCC[C@@](C)(O)C#CCN1CCCCC1. The van der Waals surface area contributed by atoms with E-state index in [1.165, 1.54) is 19.3 Å². The molecule has 0 saturated carbocycles. The second-order valence-corrected chi connectivity index (χ2v) is 4.74. The van der Waals surface area contributed by atoms with Crippen LogP contribution in [0.2, 0.25) is 0 Å². The highest BCUT2D eigenvalue weighted by atomic mass is 16.3. The maximum Gasteiger partial charge on any atom is 0.123 e. The van der Waals surface area contributed by atoms with E-state index in [1.54, 1.807) is 6.92 Å². The number of allylic oxidation sites excluding steroid dienone is 1. The lowest BCUT2D eigenvalue weighted by molar-refractivity contribution is 0.113. The minimum atomic E-state index is -0.857. The topological polar surface area (TPSA) is 23.5 Å². The van der Waals surface area contributed by atoms with Gasteiger partial charge in [-0.2, -0.15) is 0 Å². The smallest absolute Gasteiger partial charge is 0.123 e. The van der Waals surface area contributed by atoms with Crippen LogP contribution >= 0.6 is 0 Å². The van der Waals surface area contributed by atoms with Crippen LogP contribution in [0.5, 0.6) is 0 Å². The molecule has 0 unspecified atom stereocenters. The summed E-state index contributed by atoms with van der Waals surface area (Å²) < 4.78 is 0. The monoisotopic (exact) mass is 221 g/mol. The summed E-state index contributed by atoms with van der Waals surface area (Å²) in [6, 6.07) is 0. The summed E-state index contributed by atoms with van der Waals surface area (Å²) in [7, 11) is 0. The van der Waals surface area contributed by atoms with Crippen molar-refractivity contribution in [3.05, 3.63) is 12.7 Å². The van der Waals surface area contributed by atoms with Crippen LogP contribution in [-0.4, -0.2) is 35.2 Å². The molecule has 0 spiro atoms. The molecule has 1 aliphatic heterocycles. The molecule has 1 rings (SSSR count). The second kappa shape index (κ2) is 6.73. The van der Waals surface area contributed by atoms with Gasteiger partial charge in [0.1, 0.15) is 5.60 Å². The van der Waals surface area contributed by atoms with Crippen LogP contribution in [0.1, 0.15) is 39.0 Å². The van der Waals surface area contributed by atoms with Crippen molar-refractivity contribution in [2.45, 2.75) is 44.6 Å². The van der Waals surface area contributed by atoms with Gasteiger partial charge in [-0.15, -0.1) is 6.58 Å². The fraction of sp³-hybridized carbons (Fsp3) is 0.714. The van der Waals surface area contributed by atoms with Crippen molar-refractivity contribution < 1.29 is 5.11 Å². The van der Waals surface area contributed by atoms with E-state index in [1.807, 2.05) is 6.08 Å². The van der Waals surface area contributed by atoms with Crippen molar-refractivity contribution >= 4 is 0 Å². The molecule has 2 heteroatoms. The van der Waals surface area contributed by atoms with E-state index in [-0.39, 0.29) is 0 Å². The number of rotatable bonds is 4. The Morgan fingerprint density at radius 3 is 2.69 bits per heavy atom. The highest BCUT2D eigenvalue weighted by Crippen LogP contribution is 2.11. The Morgan fingerprint density at radius 1 is 1.38 bits per heavy atom. The normalized spacial score (nSPS) is 20.6. The molecule has 16 heavy (non-hydrogen) atoms. The van der Waals surface area contributed by atoms with Gasteiger partial charge in [-0.25, -0.2) is 0 Å². The molecule has 0 aliphatic carbocycles. The number of likely N-dealkylation sites (tertiary alicyclic amines) is 1. The zero-order chi connectivity index (χ0) is 11.9. The van der Waals surface area contributed by atoms with E-state index in [0.717, 1.165) is 26.1 Å². The maximum absolute atomic E-state index is 9.94. The molecule has 0 aromatic rings. The van der Waals surface area contributed by atoms with Crippen LogP contribution in [0.4, 0.5) is 0 Å². The Morgan fingerprint density at radius 2 is 2.06 bits per heavy atom. The van der Waals surface area contributed by atoms with E-state index in [9.17, 15) is 5.11 Å². The third-order valence-electron chi connectivity index (χ3n) is 2.94. The molecule has 0 aromatic heterocycles. The molecular formula is C14H23NO. The first-order valence-corrected chi connectivity index (χ1v) is 6.20. The van der Waals surface area contributed by atoms with Crippen LogP contribution < -0.4 is 0 Å². The van der Waals surface area contributed by atoms with Crippen molar-refractivity contribution in [3.63, 3.8) is 0 Å². The lowest BCUT2D eigenvalue weighted by atomic mass is 10.0. The molecule has 0 amide bonds. The van der Waals surface area contributed by atoms with Crippen molar-refractivity contribution in [2.24, 2.45) is 0 Å². The number of aliphatic hydroxyl groups is 1. The van der Waals surface area contributed by atoms with E-state index in [4.69, 9.17) is 0 Å². The van der Waals surface area contributed by atoms with Gasteiger partial charge in [0.25, 0.3) is 0 Å². The second-order valence-electron chi connectivity index (χ2n) is 4.74. The predicted molar refractivity (Wildman–Crippen MR) is 68.1 cm³/mol. The van der Waals surface area contributed by atoms with Gasteiger partial charge in [0.2, 0.25) is 0 Å². The maximum atomic E-state index is 9.94. The molecule has 1 saturated heterocycles. The van der Waals surface area contributed by atoms with Crippen LogP contribution in [0, 0.1) is 11.8 Å². The number of piperidine rings is 1. The first kappa shape index (κ1) is 13.3. The average molecular weight is 221 g/mol. The largest absolute Gasteiger partial charge is 0.378 e. The van der Waals surface area contributed by atoms with Gasteiger partial charge in [-0.05, 0) is 45.7 Å². The Kier molecular flexibility index (Phi) is 5.59. The minimum Gasteiger partial charge on any atom is -0.378 e. The molecule has 0 radical (unpaired) electrons. The molecule has 1 aliphatic rings. The first-order valence-electron chi connectivity index (χ1n) is 6.20. The Bertz CT molecular complexity index is 266. The molecule has 1 fully saturated rings. The lowest BCUT2D eigenvalue weighted by Gasteiger charge is -2.24. The first-order chi connectivity index (χ1) is 7.64. The van der Waals surface area contributed by atoms with Crippen LogP contribution in [0.15, 0.2) is 12.7 Å². The number of nitrogens with zero attached hydrogens (tertiary/aromatic N) is 1. The molecule has 1 heterocycles. The molecule has 0 bridgehead atoms. The highest BCUT2D eigenvalue weighted by molar-refractivity contribution is 5.13. The van der Waals surface area contributed by atoms with E-state index >= 15 is 0 Å². The van der Waals surface area contributed by atoms with E-state index < -0.39 is 5.60 Å². The predicted octanol–water partition coefficient (Wildman–Crippen LogP) is 2.19. The van der Waals surface area contributed by atoms with Gasteiger partial charge in [0, 0.05) is 0 Å². The fourth-order valence-electron chi connectivity index (χ4n) is 1.90. The Balaban J connectivity index is 2.31. The van der Waals surface area contributed by atoms with Crippen molar-refractivity contribution in [1.82, 2.24) is 4.90 Å². The van der Waals surface area contributed by atoms with Crippen LogP contribution in [0.3, 0.4) is 0 Å². The van der Waals surface area contributed by atoms with Gasteiger partial charge >= 0.3 is 0 Å². The molecule has 2 nitrogen and oxygen atoms in total. The number of hydrogen-bond acceptors (Lipinski definition) is 2. The van der Waals surface area contributed by atoms with E-state index in [0.29, 0.717) is 6.42 Å². The third kappa shape index (κ3) is 5.34.